The van der Waals surface area contributed by atoms with Gasteiger partial charge >= 0.3 is 0 Å². The number of imidazole rings is 1. The van der Waals surface area contributed by atoms with E-state index in [1.165, 1.54) is 18.1 Å². The number of carbonyl (C=O) groups excluding carboxylic acids is 2. The highest BCUT2D eigenvalue weighted by atomic mass is 35.5. The Balaban J connectivity index is 1.75. The molecule has 0 unspecified atom stereocenters. The molecule has 39 heavy (non-hydrogen) atoms. The number of methoxy groups -OCH3 is 1. The summed E-state index contributed by atoms with van der Waals surface area (Å²) in [4.78, 5) is 34.9. The molecule has 4 aromatic rings. The van der Waals surface area contributed by atoms with Gasteiger partial charge in [0.1, 0.15) is 5.82 Å². The Hall–Kier alpha value is -3.88. The van der Waals surface area contributed by atoms with Gasteiger partial charge in [-0.2, -0.15) is 0 Å². The van der Waals surface area contributed by atoms with Crippen molar-refractivity contribution in [3.8, 4) is 17.1 Å². The Kier molecular flexibility index (Phi) is 5.75. The van der Waals surface area contributed by atoms with Gasteiger partial charge in [0, 0.05) is 27.3 Å². The number of rotatable bonds is 4. The number of hydrogen-bond acceptors (Lipinski definition) is 4. The average molecular weight is 565 g/mol. The smallest absolute Gasteiger partial charge is 0.280 e. The van der Waals surface area contributed by atoms with Crippen LogP contribution < -0.4 is 15.0 Å². The number of hydrogen-bond donors (Lipinski definition) is 1. The average Bonchev–Trinajstić information content (AvgIpc) is 3.49. The van der Waals surface area contributed by atoms with E-state index in [9.17, 15) is 14.0 Å². The lowest BCUT2D eigenvalue weighted by Gasteiger charge is -2.36. The predicted octanol–water partition coefficient (Wildman–Crippen LogP) is 6.75. The third-order valence-corrected chi connectivity index (χ3v) is 7.75. The van der Waals surface area contributed by atoms with Gasteiger partial charge < -0.3 is 14.6 Å². The number of fused-ring (bicyclic) bond motifs is 4. The second kappa shape index (κ2) is 8.83. The van der Waals surface area contributed by atoms with E-state index in [2.05, 4.69) is 5.32 Å². The van der Waals surface area contributed by atoms with Crippen molar-refractivity contribution in [1.82, 2.24) is 9.55 Å². The first-order chi connectivity index (χ1) is 18.6. The highest BCUT2D eigenvalue weighted by molar-refractivity contribution is 6.32. The van der Waals surface area contributed by atoms with Crippen molar-refractivity contribution < 1.29 is 18.7 Å². The van der Waals surface area contributed by atoms with E-state index < -0.39 is 23.2 Å². The van der Waals surface area contributed by atoms with Gasteiger partial charge in [0.05, 0.1) is 24.1 Å². The van der Waals surface area contributed by atoms with E-state index in [1.807, 2.05) is 25.3 Å². The molecule has 0 aliphatic carbocycles. The number of amides is 2. The summed E-state index contributed by atoms with van der Waals surface area (Å²) in [5.74, 6) is -1.17. The number of halogens is 3. The molecule has 198 valence electrons. The molecule has 2 aliphatic heterocycles. The van der Waals surface area contributed by atoms with Crippen LogP contribution in [0.25, 0.3) is 11.4 Å². The van der Waals surface area contributed by atoms with E-state index >= 15 is 0 Å². The van der Waals surface area contributed by atoms with Gasteiger partial charge in [0.25, 0.3) is 11.8 Å². The third-order valence-electron chi connectivity index (χ3n) is 7.28. The van der Waals surface area contributed by atoms with Crippen LogP contribution in [0.5, 0.6) is 5.75 Å². The molecule has 0 saturated heterocycles. The number of anilines is 2. The zero-order valence-corrected chi connectivity index (χ0v) is 23.0. The first-order valence-corrected chi connectivity index (χ1v) is 13.0. The second-order valence-corrected chi connectivity index (χ2v) is 10.7. The van der Waals surface area contributed by atoms with Crippen molar-refractivity contribution in [2.24, 2.45) is 0 Å². The van der Waals surface area contributed by atoms with Gasteiger partial charge in [-0.3, -0.25) is 14.5 Å². The SMILES string of the molecule is COc1c(F)cccc1-c1nc2c(n1C(C)C)[C@]1(C(=O)Nc3cc(Cl)ccc31)N(c1cc(Cl)ccc1C)C2=O. The van der Waals surface area contributed by atoms with E-state index in [0.717, 1.165) is 5.56 Å². The van der Waals surface area contributed by atoms with Crippen LogP contribution in [0.4, 0.5) is 15.8 Å². The topological polar surface area (TPSA) is 76.5 Å². The summed E-state index contributed by atoms with van der Waals surface area (Å²) >= 11 is 12.7. The Morgan fingerprint density at radius 3 is 2.49 bits per heavy atom. The number of ether oxygens (including phenoxy) is 1. The first kappa shape index (κ1) is 25.4. The van der Waals surface area contributed by atoms with Crippen LogP contribution in [-0.2, 0) is 10.3 Å². The number of benzene rings is 3. The summed E-state index contributed by atoms with van der Waals surface area (Å²) in [7, 11) is 1.37. The van der Waals surface area contributed by atoms with E-state index in [1.54, 1.807) is 48.5 Å². The Morgan fingerprint density at radius 1 is 1.05 bits per heavy atom. The molecule has 6 rings (SSSR count). The van der Waals surface area contributed by atoms with Gasteiger partial charge in [-0.15, -0.1) is 0 Å². The number of nitrogens with zero attached hydrogens (tertiary/aromatic N) is 3. The molecule has 1 aromatic heterocycles. The monoisotopic (exact) mass is 564 g/mol. The Labute approximate surface area is 234 Å². The van der Waals surface area contributed by atoms with Crippen LogP contribution in [0.3, 0.4) is 0 Å². The molecule has 0 radical (unpaired) electrons. The lowest BCUT2D eigenvalue weighted by Crippen LogP contribution is -2.51. The fourth-order valence-electron chi connectivity index (χ4n) is 5.72. The van der Waals surface area contributed by atoms with Crippen LogP contribution in [0.1, 0.15) is 47.2 Å². The largest absolute Gasteiger partial charge is 0.493 e. The molecule has 0 saturated carbocycles. The molecule has 3 aromatic carbocycles. The molecule has 7 nitrogen and oxygen atoms in total. The number of aromatic nitrogens is 2. The number of nitrogens with one attached hydrogen (secondary N) is 1. The minimum absolute atomic E-state index is 0.00447. The molecular formula is C29H23Cl2FN4O3. The number of para-hydroxylation sites is 1. The van der Waals surface area contributed by atoms with Crippen LogP contribution >= 0.6 is 23.2 Å². The highest BCUT2D eigenvalue weighted by Gasteiger charge is 2.64. The number of aryl methyl sites for hydroxylation is 1. The third kappa shape index (κ3) is 3.38. The quantitative estimate of drug-likeness (QED) is 0.297. The summed E-state index contributed by atoms with van der Waals surface area (Å²) < 4.78 is 22.0. The molecule has 0 fully saturated rings. The van der Waals surface area contributed by atoms with Crippen molar-refractivity contribution in [3.05, 3.63) is 93.0 Å². The van der Waals surface area contributed by atoms with Gasteiger partial charge in [-0.25, -0.2) is 9.37 Å². The van der Waals surface area contributed by atoms with Crippen LogP contribution in [0, 0.1) is 12.7 Å². The van der Waals surface area contributed by atoms with Crippen LogP contribution in [0.2, 0.25) is 10.0 Å². The molecule has 1 N–H and O–H groups in total. The molecule has 2 amide bonds. The minimum Gasteiger partial charge on any atom is -0.493 e. The van der Waals surface area contributed by atoms with E-state index in [4.69, 9.17) is 32.9 Å². The molecule has 2 aliphatic rings. The summed E-state index contributed by atoms with van der Waals surface area (Å²) in [6, 6.07) is 14.5. The molecule has 10 heteroatoms. The molecule has 1 atom stereocenters. The zero-order chi connectivity index (χ0) is 27.8. The molecule has 1 spiro atoms. The fourth-order valence-corrected chi connectivity index (χ4v) is 6.06. The highest BCUT2D eigenvalue weighted by Crippen LogP contribution is 2.55. The lowest BCUT2D eigenvalue weighted by atomic mass is 9.86. The standard InChI is InChI=1S/C29H23Cl2FN4O3/c1-14(2)35-25-23(34-26(35)18-6-5-7-20(32)24(18)39-4)27(37)36(22-13-17(31)9-8-15(22)3)29(25)19-11-10-16(30)12-21(19)33-28(29)38/h5-14H,1-4H3,(H,33,38)/t29-/m1/s1. The van der Waals surface area contributed by atoms with Gasteiger partial charge in [-0.1, -0.05) is 41.4 Å². The van der Waals surface area contributed by atoms with Crippen LogP contribution in [0.15, 0.2) is 54.6 Å². The normalized spacial score (nSPS) is 17.7. The predicted molar refractivity (Wildman–Crippen MR) is 148 cm³/mol. The second-order valence-electron chi connectivity index (χ2n) is 9.84. The first-order valence-electron chi connectivity index (χ1n) is 12.3. The lowest BCUT2D eigenvalue weighted by molar-refractivity contribution is -0.119. The summed E-state index contributed by atoms with van der Waals surface area (Å²) in [5.41, 5.74) is 1.45. The maximum Gasteiger partial charge on any atom is 0.280 e. The van der Waals surface area contributed by atoms with Crippen molar-refractivity contribution in [1.29, 1.82) is 0 Å². The minimum atomic E-state index is -1.63. The number of carbonyl (C=O) groups is 2. The van der Waals surface area contributed by atoms with Crippen LogP contribution in [-0.4, -0.2) is 28.5 Å². The zero-order valence-electron chi connectivity index (χ0n) is 21.5. The molecule has 0 bridgehead atoms. The van der Waals surface area contributed by atoms with Crippen molar-refractivity contribution in [2.75, 3.05) is 17.3 Å². The van der Waals surface area contributed by atoms with Gasteiger partial charge in [0.2, 0.25) is 0 Å². The van der Waals surface area contributed by atoms with E-state index in [0.29, 0.717) is 44.1 Å². The van der Waals surface area contributed by atoms with E-state index in [-0.39, 0.29) is 17.5 Å². The molecule has 3 heterocycles. The van der Waals surface area contributed by atoms with Crippen molar-refractivity contribution in [3.63, 3.8) is 0 Å². The summed E-state index contributed by atoms with van der Waals surface area (Å²) in [5, 5.41) is 3.78. The van der Waals surface area contributed by atoms with Crippen molar-refractivity contribution in [2.45, 2.75) is 32.4 Å². The maximum absolute atomic E-state index is 14.8. The van der Waals surface area contributed by atoms with Gasteiger partial charge in [0.15, 0.2) is 22.8 Å². The maximum atomic E-state index is 14.8. The van der Waals surface area contributed by atoms with Gasteiger partial charge in [-0.05, 0) is 62.7 Å². The summed E-state index contributed by atoms with van der Waals surface area (Å²) in [6.45, 7) is 5.68. The molecular weight excluding hydrogens is 542 g/mol. The Bertz CT molecular complexity index is 1720. The summed E-state index contributed by atoms with van der Waals surface area (Å²) in [6.07, 6.45) is 0. The Morgan fingerprint density at radius 2 is 1.77 bits per heavy atom. The van der Waals surface area contributed by atoms with Crippen molar-refractivity contribution >= 4 is 46.4 Å². The fraction of sp³-hybridized carbons (Fsp3) is 0.207.